The minimum atomic E-state index is -3.72. The summed E-state index contributed by atoms with van der Waals surface area (Å²) in [5, 5.41) is 5.35. The zero-order valence-corrected chi connectivity index (χ0v) is 18.3. The maximum Gasteiger partial charge on any atom is 0.244 e. The van der Waals surface area contributed by atoms with Gasteiger partial charge in [-0.3, -0.25) is 9.67 Å². The molecule has 0 fully saturated rings. The average molecular weight is 424 g/mol. The first kappa shape index (κ1) is 20.3. The van der Waals surface area contributed by atoms with E-state index in [9.17, 15) is 8.42 Å². The SMILES string of the molecule is Cc1nn(C)c(C)c1S(=O)(=O)NCC(c1cccnc1)c1cn(C)c2ccccc12. The number of rotatable bonds is 6. The Balaban J connectivity index is 1.75. The van der Waals surface area contributed by atoms with E-state index in [2.05, 4.69) is 37.7 Å². The van der Waals surface area contributed by atoms with E-state index < -0.39 is 10.0 Å². The Morgan fingerprint density at radius 3 is 2.53 bits per heavy atom. The number of hydrogen-bond acceptors (Lipinski definition) is 4. The molecule has 0 spiro atoms. The molecule has 30 heavy (non-hydrogen) atoms. The van der Waals surface area contributed by atoms with Crippen molar-refractivity contribution in [2.75, 3.05) is 6.54 Å². The smallest absolute Gasteiger partial charge is 0.244 e. The highest BCUT2D eigenvalue weighted by molar-refractivity contribution is 7.89. The first-order valence-electron chi connectivity index (χ1n) is 9.73. The van der Waals surface area contributed by atoms with Crippen LogP contribution in [0.2, 0.25) is 0 Å². The molecule has 0 saturated carbocycles. The van der Waals surface area contributed by atoms with Gasteiger partial charge in [-0.2, -0.15) is 5.10 Å². The van der Waals surface area contributed by atoms with Crippen LogP contribution in [0.3, 0.4) is 0 Å². The molecule has 1 atom stereocenters. The molecule has 0 saturated heterocycles. The van der Waals surface area contributed by atoms with Crippen LogP contribution in [0.4, 0.5) is 0 Å². The van der Waals surface area contributed by atoms with E-state index in [0.29, 0.717) is 11.4 Å². The average Bonchev–Trinajstić information content (AvgIpc) is 3.19. The van der Waals surface area contributed by atoms with Crippen molar-refractivity contribution in [3.05, 3.63) is 77.5 Å². The molecule has 0 aliphatic carbocycles. The van der Waals surface area contributed by atoms with E-state index in [1.54, 1.807) is 38.0 Å². The number of nitrogens with one attached hydrogen (secondary N) is 1. The first-order valence-corrected chi connectivity index (χ1v) is 11.2. The van der Waals surface area contributed by atoms with Crippen molar-refractivity contribution in [2.45, 2.75) is 24.7 Å². The lowest BCUT2D eigenvalue weighted by atomic mass is 9.92. The summed E-state index contributed by atoms with van der Waals surface area (Å²) in [7, 11) is 0.0257. The molecule has 0 bridgehead atoms. The van der Waals surface area contributed by atoms with Crippen LogP contribution in [0.1, 0.15) is 28.4 Å². The van der Waals surface area contributed by atoms with Gasteiger partial charge in [-0.05, 0) is 37.1 Å². The summed E-state index contributed by atoms with van der Waals surface area (Å²) in [6.07, 6.45) is 5.58. The zero-order chi connectivity index (χ0) is 21.5. The number of aryl methyl sites for hydroxylation is 3. The van der Waals surface area contributed by atoms with Crippen molar-refractivity contribution >= 4 is 20.9 Å². The van der Waals surface area contributed by atoms with Gasteiger partial charge in [-0.1, -0.05) is 24.3 Å². The van der Waals surface area contributed by atoms with Crippen molar-refractivity contribution in [3.63, 3.8) is 0 Å². The predicted molar refractivity (Wildman–Crippen MR) is 117 cm³/mol. The van der Waals surface area contributed by atoms with Gasteiger partial charge in [0.05, 0.1) is 11.4 Å². The van der Waals surface area contributed by atoms with Crippen LogP contribution in [-0.2, 0) is 24.1 Å². The summed E-state index contributed by atoms with van der Waals surface area (Å²) in [6.45, 7) is 3.69. The molecule has 3 aromatic heterocycles. The Kier molecular flexibility index (Phi) is 5.21. The fraction of sp³-hybridized carbons (Fsp3) is 0.273. The Morgan fingerprint density at radius 2 is 1.87 bits per heavy atom. The lowest BCUT2D eigenvalue weighted by Crippen LogP contribution is -2.30. The van der Waals surface area contributed by atoms with Gasteiger partial charge in [0.25, 0.3) is 0 Å². The molecule has 4 rings (SSSR count). The maximum absolute atomic E-state index is 13.1. The van der Waals surface area contributed by atoms with Gasteiger partial charge in [0.1, 0.15) is 4.90 Å². The Hall–Kier alpha value is -2.97. The van der Waals surface area contributed by atoms with Crippen LogP contribution in [0.5, 0.6) is 0 Å². The molecule has 0 radical (unpaired) electrons. The molecule has 1 unspecified atom stereocenters. The second-order valence-corrected chi connectivity index (χ2v) is 9.23. The highest BCUT2D eigenvalue weighted by Gasteiger charge is 2.27. The van der Waals surface area contributed by atoms with Gasteiger partial charge in [-0.15, -0.1) is 0 Å². The monoisotopic (exact) mass is 423 g/mol. The van der Waals surface area contributed by atoms with Gasteiger partial charge >= 0.3 is 0 Å². The molecule has 1 aromatic carbocycles. The van der Waals surface area contributed by atoms with E-state index >= 15 is 0 Å². The highest BCUT2D eigenvalue weighted by atomic mass is 32.2. The normalized spacial score (nSPS) is 13.1. The molecule has 7 nitrogen and oxygen atoms in total. The molecule has 4 aromatic rings. The van der Waals surface area contributed by atoms with E-state index in [4.69, 9.17) is 0 Å². The zero-order valence-electron chi connectivity index (χ0n) is 17.5. The fourth-order valence-electron chi connectivity index (χ4n) is 4.05. The number of sulfonamides is 1. The molecule has 0 amide bonds. The third-order valence-electron chi connectivity index (χ3n) is 5.58. The van der Waals surface area contributed by atoms with E-state index in [0.717, 1.165) is 22.0 Å². The lowest BCUT2D eigenvalue weighted by molar-refractivity contribution is 0.576. The summed E-state index contributed by atoms with van der Waals surface area (Å²) in [4.78, 5) is 4.50. The van der Waals surface area contributed by atoms with Gasteiger partial charge in [0, 0.05) is 56.1 Å². The Labute approximate surface area is 176 Å². The Bertz CT molecular complexity index is 1310. The van der Waals surface area contributed by atoms with Gasteiger partial charge in [0.15, 0.2) is 0 Å². The largest absolute Gasteiger partial charge is 0.350 e. The van der Waals surface area contributed by atoms with Crippen LogP contribution in [0.15, 0.2) is 59.9 Å². The summed E-state index contributed by atoms with van der Waals surface area (Å²) in [5.74, 6) is -0.183. The van der Waals surface area contributed by atoms with E-state index in [-0.39, 0.29) is 17.4 Å². The highest BCUT2D eigenvalue weighted by Crippen LogP contribution is 2.32. The van der Waals surface area contributed by atoms with E-state index in [1.807, 2.05) is 31.3 Å². The van der Waals surface area contributed by atoms with Crippen molar-refractivity contribution in [2.24, 2.45) is 14.1 Å². The van der Waals surface area contributed by atoms with Gasteiger partial charge in [0.2, 0.25) is 10.0 Å². The minimum Gasteiger partial charge on any atom is -0.350 e. The fourth-order valence-corrected chi connectivity index (χ4v) is 5.53. The molecular weight excluding hydrogens is 398 g/mol. The molecule has 0 aliphatic heterocycles. The second-order valence-electron chi connectivity index (χ2n) is 7.53. The van der Waals surface area contributed by atoms with Crippen molar-refractivity contribution in [1.29, 1.82) is 0 Å². The van der Waals surface area contributed by atoms with Crippen LogP contribution < -0.4 is 4.72 Å². The summed E-state index contributed by atoms with van der Waals surface area (Å²) in [6, 6.07) is 12.0. The van der Waals surface area contributed by atoms with Crippen LogP contribution in [0.25, 0.3) is 10.9 Å². The summed E-state index contributed by atoms with van der Waals surface area (Å²) >= 11 is 0. The minimum absolute atomic E-state index is 0.183. The third kappa shape index (κ3) is 3.53. The third-order valence-corrected chi connectivity index (χ3v) is 7.25. The van der Waals surface area contributed by atoms with Crippen LogP contribution in [0, 0.1) is 13.8 Å². The van der Waals surface area contributed by atoms with Crippen LogP contribution >= 0.6 is 0 Å². The topological polar surface area (TPSA) is 81.8 Å². The predicted octanol–water partition coefficient (Wildman–Crippen LogP) is 3.03. The molecule has 0 aliphatic rings. The van der Waals surface area contributed by atoms with Crippen LogP contribution in [-0.4, -0.2) is 34.3 Å². The van der Waals surface area contributed by atoms with Crippen molar-refractivity contribution < 1.29 is 8.42 Å². The van der Waals surface area contributed by atoms with Crippen molar-refractivity contribution in [3.8, 4) is 0 Å². The first-order chi connectivity index (χ1) is 14.3. The van der Waals surface area contributed by atoms with Crippen molar-refractivity contribution in [1.82, 2.24) is 24.1 Å². The van der Waals surface area contributed by atoms with Gasteiger partial charge in [-0.25, -0.2) is 13.1 Å². The number of para-hydroxylation sites is 1. The van der Waals surface area contributed by atoms with Gasteiger partial charge < -0.3 is 4.57 Å². The quantitative estimate of drug-likeness (QED) is 0.517. The number of hydrogen-bond donors (Lipinski definition) is 1. The molecule has 3 heterocycles. The number of benzene rings is 1. The number of aromatic nitrogens is 4. The summed E-state index contributed by atoms with van der Waals surface area (Å²) < 4.78 is 32.8. The molecule has 156 valence electrons. The summed E-state index contributed by atoms with van der Waals surface area (Å²) in [5.41, 5.74) is 4.22. The number of pyridine rings is 1. The second kappa shape index (κ2) is 7.70. The molecular formula is C22H25N5O2S. The standard InChI is InChI=1S/C22H25N5O2S/c1-15-22(16(2)27(4)25-15)30(28,29)24-13-19(17-8-7-11-23-12-17)20-14-26(3)21-10-6-5-9-18(20)21/h5-12,14,19,24H,13H2,1-4H3. The number of nitrogens with zero attached hydrogens (tertiary/aromatic N) is 4. The number of fused-ring (bicyclic) bond motifs is 1. The maximum atomic E-state index is 13.1. The molecule has 8 heteroatoms. The van der Waals surface area contributed by atoms with E-state index in [1.165, 1.54) is 0 Å². The lowest BCUT2D eigenvalue weighted by Gasteiger charge is -2.18. The Morgan fingerprint density at radius 1 is 1.10 bits per heavy atom. The molecule has 1 N–H and O–H groups in total.